The number of fused-ring (bicyclic) bond motifs is 1. The van der Waals surface area contributed by atoms with Crippen LogP contribution >= 0.6 is 23.2 Å². The van der Waals surface area contributed by atoms with Gasteiger partial charge in [0.1, 0.15) is 13.2 Å². The summed E-state index contributed by atoms with van der Waals surface area (Å²) in [4.78, 5) is 16.7. The zero-order valence-electron chi connectivity index (χ0n) is 15.3. The van der Waals surface area contributed by atoms with Crippen molar-refractivity contribution in [1.29, 1.82) is 0 Å². The van der Waals surface area contributed by atoms with Crippen molar-refractivity contribution in [2.45, 2.75) is 6.54 Å². The monoisotopic (exact) mass is 421 g/mol. The Morgan fingerprint density at radius 2 is 1.71 bits per heavy atom. The second-order valence-corrected chi connectivity index (χ2v) is 7.63. The number of anilines is 1. The Morgan fingerprint density at radius 1 is 0.964 bits per heavy atom. The van der Waals surface area contributed by atoms with Crippen LogP contribution in [-0.4, -0.2) is 55.2 Å². The van der Waals surface area contributed by atoms with Gasteiger partial charge in [0.2, 0.25) is 0 Å². The summed E-state index contributed by atoms with van der Waals surface area (Å²) < 4.78 is 11.1. The van der Waals surface area contributed by atoms with Crippen LogP contribution in [-0.2, 0) is 6.54 Å². The minimum atomic E-state index is -0.110. The van der Waals surface area contributed by atoms with E-state index in [1.54, 1.807) is 12.1 Å². The van der Waals surface area contributed by atoms with Gasteiger partial charge in [-0.2, -0.15) is 0 Å². The number of nitrogens with one attached hydrogen (secondary N) is 1. The molecule has 1 N–H and O–H groups in total. The van der Waals surface area contributed by atoms with Crippen molar-refractivity contribution in [3.05, 3.63) is 52.0 Å². The van der Waals surface area contributed by atoms with E-state index in [0.29, 0.717) is 53.5 Å². The first-order chi connectivity index (χ1) is 13.6. The maximum Gasteiger partial charge on any atom is 0.321 e. The maximum atomic E-state index is 12.6. The molecule has 148 valence electrons. The van der Waals surface area contributed by atoms with E-state index in [9.17, 15) is 4.79 Å². The van der Waals surface area contributed by atoms with Gasteiger partial charge in [0, 0.05) is 54.5 Å². The van der Waals surface area contributed by atoms with E-state index in [1.807, 2.05) is 29.2 Å². The van der Waals surface area contributed by atoms with Crippen LogP contribution < -0.4 is 14.8 Å². The fourth-order valence-electron chi connectivity index (χ4n) is 3.32. The first kappa shape index (κ1) is 19.2. The minimum absolute atomic E-state index is 0.110. The zero-order valence-corrected chi connectivity index (χ0v) is 16.8. The van der Waals surface area contributed by atoms with Gasteiger partial charge in [0.05, 0.1) is 0 Å². The van der Waals surface area contributed by atoms with Crippen LogP contribution in [0.5, 0.6) is 11.5 Å². The Hall–Kier alpha value is -2.15. The number of carbonyl (C=O) groups is 1. The number of urea groups is 1. The van der Waals surface area contributed by atoms with Gasteiger partial charge in [-0.15, -0.1) is 0 Å². The first-order valence-electron chi connectivity index (χ1n) is 9.20. The lowest BCUT2D eigenvalue weighted by atomic mass is 10.2. The highest BCUT2D eigenvalue weighted by molar-refractivity contribution is 6.35. The topological polar surface area (TPSA) is 54.0 Å². The highest BCUT2D eigenvalue weighted by Crippen LogP contribution is 2.32. The Labute approximate surface area is 173 Å². The van der Waals surface area contributed by atoms with E-state index in [1.165, 1.54) is 0 Å². The van der Waals surface area contributed by atoms with Crippen molar-refractivity contribution in [3.63, 3.8) is 0 Å². The predicted molar refractivity (Wildman–Crippen MR) is 110 cm³/mol. The minimum Gasteiger partial charge on any atom is -0.486 e. The molecule has 2 aliphatic rings. The van der Waals surface area contributed by atoms with Crippen LogP contribution in [0.4, 0.5) is 10.5 Å². The van der Waals surface area contributed by atoms with Crippen LogP contribution in [0.2, 0.25) is 10.0 Å². The number of nitrogens with zero attached hydrogens (tertiary/aromatic N) is 2. The van der Waals surface area contributed by atoms with Gasteiger partial charge in [-0.3, -0.25) is 4.90 Å². The summed E-state index contributed by atoms with van der Waals surface area (Å²) >= 11 is 12.2. The average molecular weight is 422 g/mol. The summed E-state index contributed by atoms with van der Waals surface area (Å²) in [6.45, 7) is 4.69. The zero-order chi connectivity index (χ0) is 19.5. The van der Waals surface area contributed by atoms with Crippen LogP contribution in [0.3, 0.4) is 0 Å². The number of carbonyl (C=O) groups excluding carboxylic acids is 1. The molecule has 0 saturated carbocycles. The molecule has 28 heavy (non-hydrogen) atoms. The first-order valence-corrected chi connectivity index (χ1v) is 9.96. The second kappa shape index (κ2) is 8.47. The molecule has 0 radical (unpaired) electrons. The highest BCUT2D eigenvalue weighted by atomic mass is 35.5. The molecule has 2 aliphatic heterocycles. The molecule has 0 aliphatic carbocycles. The summed E-state index contributed by atoms with van der Waals surface area (Å²) in [5.74, 6) is 1.37. The van der Waals surface area contributed by atoms with E-state index >= 15 is 0 Å². The number of halogens is 2. The van der Waals surface area contributed by atoms with Gasteiger partial charge in [-0.25, -0.2) is 4.79 Å². The molecule has 1 saturated heterocycles. The molecule has 2 heterocycles. The third-order valence-corrected chi connectivity index (χ3v) is 5.45. The fraction of sp³-hybridized carbons (Fsp3) is 0.350. The molecule has 4 rings (SSSR count). The molecule has 1 fully saturated rings. The van der Waals surface area contributed by atoms with Crippen molar-refractivity contribution < 1.29 is 14.3 Å². The van der Waals surface area contributed by atoms with E-state index < -0.39 is 0 Å². The smallest absolute Gasteiger partial charge is 0.321 e. The number of hydrogen-bond acceptors (Lipinski definition) is 4. The summed E-state index contributed by atoms with van der Waals surface area (Å²) in [7, 11) is 0. The molecule has 0 atom stereocenters. The van der Waals surface area contributed by atoms with Crippen LogP contribution in [0.1, 0.15) is 5.56 Å². The molecular formula is C20H21Cl2N3O3. The number of amides is 2. The lowest BCUT2D eigenvalue weighted by molar-refractivity contribution is 0.143. The summed E-state index contributed by atoms with van der Waals surface area (Å²) in [5.41, 5.74) is 1.74. The second-order valence-electron chi connectivity index (χ2n) is 6.79. The summed E-state index contributed by atoms with van der Waals surface area (Å²) in [6.07, 6.45) is 0. The summed E-state index contributed by atoms with van der Waals surface area (Å²) in [6, 6.07) is 10.9. The van der Waals surface area contributed by atoms with Gasteiger partial charge in [0.15, 0.2) is 11.5 Å². The van der Waals surface area contributed by atoms with Gasteiger partial charge in [-0.1, -0.05) is 29.3 Å². The molecule has 8 heteroatoms. The molecule has 0 unspecified atom stereocenters. The van der Waals surface area contributed by atoms with Gasteiger partial charge in [0.25, 0.3) is 0 Å². The van der Waals surface area contributed by atoms with Gasteiger partial charge < -0.3 is 19.7 Å². The molecular weight excluding hydrogens is 401 g/mol. The van der Waals surface area contributed by atoms with Crippen molar-refractivity contribution in [3.8, 4) is 11.5 Å². The fourth-order valence-corrected chi connectivity index (χ4v) is 3.79. The normalized spacial score (nSPS) is 16.7. The Morgan fingerprint density at radius 3 is 2.46 bits per heavy atom. The van der Waals surface area contributed by atoms with Crippen molar-refractivity contribution in [2.75, 3.05) is 44.7 Å². The van der Waals surface area contributed by atoms with Crippen LogP contribution in [0.25, 0.3) is 0 Å². The number of ether oxygens (including phenoxy) is 2. The molecule has 2 amide bonds. The lowest BCUT2D eigenvalue weighted by Crippen LogP contribution is -2.49. The van der Waals surface area contributed by atoms with Crippen molar-refractivity contribution in [2.24, 2.45) is 0 Å². The van der Waals surface area contributed by atoms with Crippen molar-refractivity contribution in [1.82, 2.24) is 9.80 Å². The largest absolute Gasteiger partial charge is 0.486 e. The predicted octanol–water partition coefficient (Wildman–Crippen LogP) is 4.11. The van der Waals surface area contributed by atoms with E-state index in [0.717, 1.165) is 25.2 Å². The third kappa shape index (κ3) is 4.46. The summed E-state index contributed by atoms with van der Waals surface area (Å²) in [5, 5.41) is 4.24. The molecule has 6 nitrogen and oxygen atoms in total. The maximum absolute atomic E-state index is 12.6. The van der Waals surface area contributed by atoms with Gasteiger partial charge >= 0.3 is 6.03 Å². The number of benzene rings is 2. The van der Waals surface area contributed by atoms with Crippen LogP contribution in [0.15, 0.2) is 36.4 Å². The van der Waals surface area contributed by atoms with Crippen LogP contribution in [0, 0.1) is 0 Å². The number of rotatable bonds is 3. The molecule has 0 spiro atoms. The standard InChI is InChI=1S/C20H21Cl2N3O3/c21-15-2-1-14(17(22)11-15)13-24-5-7-25(8-6-24)20(26)23-16-3-4-18-19(12-16)28-10-9-27-18/h1-4,11-12H,5-10,13H2,(H,23,26). The Bertz CT molecular complexity index is 870. The van der Waals surface area contributed by atoms with E-state index in [-0.39, 0.29) is 6.03 Å². The molecule has 0 aromatic heterocycles. The Kier molecular flexibility index (Phi) is 5.80. The SMILES string of the molecule is O=C(Nc1ccc2c(c1)OCCO2)N1CCN(Cc2ccc(Cl)cc2Cl)CC1. The lowest BCUT2D eigenvalue weighted by Gasteiger charge is -2.34. The van der Waals surface area contributed by atoms with E-state index in [4.69, 9.17) is 32.7 Å². The number of piperazine rings is 1. The Balaban J connectivity index is 1.30. The quantitative estimate of drug-likeness (QED) is 0.809. The van der Waals surface area contributed by atoms with E-state index in [2.05, 4.69) is 10.2 Å². The highest BCUT2D eigenvalue weighted by Gasteiger charge is 2.22. The molecule has 2 aromatic rings. The molecule has 2 aromatic carbocycles. The third-order valence-electron chi connectivity index (χ3n) is 4.86. The van der Waals surface area contributed by atoms with Gasteiger partial charge in [-0.05, 0) is 29.8 Å². The molecule has 0 bridgehead atoms. The van der Waals surface area contributed by atoms with Crippen molar-refractivity contribution >= 4 is 34.9 Å². The number of hydrogen-bond donors (Lipinski definition) is 1. The average Bonchev–Trinajstić information content (AvgIpc) is 2.70.